The van der Waals surface area contributed by atoms with E-state index in [4.69, 9.17) is 0 Å². The molecule has 3 aromatic carbocycles. The van der Waals surface area contributed by atoms with Gasteiger partial charge in [-0.25, -0.2) is 0 Å². The van der Waals surface area contributed by atoms with E-state index in [0.29, 0.717) is 11.8 Å². The number of fused-ring (bicyclic) bond motifs is 4. The fraction of sp³-hybridized carbons (Fsp3) is 0.410. The van der Waals surface area contributed by atoms with Gasteiger partial charge in [0.25, 0.3) is 0 Å². The Balaban J connectivity index is 1.67. The Morgan fingerprint density at radius 2 is 1.55 bits per heavy atom. The number of rotatable bonds is 6. The molecule has 0 N–H and O–H groups in total. The van der Waals surface area contributed by atoms with E-state index in [1.54, 1.807) is 11.1 Å². The van der Waals surface area contributed by atoms with Crippen LogP contribution in [0.5, 0.6) is 0 Å². The number of allylic oxidation sites excluding steroid dienone is 4. The van der Waals surface area contributed by atoms with Crippen molar-refractivity contribution in [3.8, 4) is 11.3 Å². The Morgan fingerprint density at radius 1 is 0.825 bits per heavy atom. The Hall–Kier alpha value is -3.19. The molecule has 1 unspecified atom stereocenters. The van der Waals surface area contributed by atoms with Gasteiger partial charge >= 0.3 is 0 Å². The molecule has 0 amide bonds. The summed E-state index contributed by atoms with van der Waals surface area (Å²) in [6, 6.07) is 19.0. The van der Waals surface area contributed by atoms with Crippen LogP contribution < -0.4 is 4.57 Å². The summed E-state index contributed by atoms with van der Waals surface area (Å²) < 4.78 is 2.72. The van der Waals surface area contributed by atoms with Crippen LogP contribution in [-0.2, 0) is 11.0 Å². The minimum absolute atomic E-state index is 0.0858. The highest BCUT2D eigenvalue weighted by atomic mass is 15.1. The van der Waals surface area contributed by atoms with E-state index < -0.39 is 0 Å². The van der Waals surface area contributed by atoms with Crippen molar-refractivity contribution < 1.29 is 4.57 Å². The Kier molecular flexibility index (Phi) is 5.73. The second-order valence-electron chi connectivity index (χ2n) is 13.3. The summed E-state index contributed by atoms with van der Waals surface area (Å²) in [5.74, 6) is 1.22. The maximum absolute atomic E-state index is 2.72. The molecule has 1 spiro atoms. The van der Waals surface area contributed by atoms with Crippen LogP contribution >= 0.6 is 0 Å². The first-order chi connectivity index (χ1) is 19.3. The first kappa shape index (κ1) is 25.8. The van der Waals surface area contributed by atoms with Gasteiger partial charge in [-0.2, -0.15) is 4.57 Å². The Labute approximate surface area is 240 Å². The predicted octanol–water partition coefficient (Wildman–Crippen LogP) is 10.1. The largest absolute Gasteiger partial charge is 0.222 e. The zero-order valence-corrected chi connectivity index (χ0v) is 25.5. The number of benzene rings is 3. The number of aryl methyl sites for hydroxylation is 1. The molecule has 1 aliphatic heterocycles. The summed E-state index contributed by atoms with van der Waals surface area (Å²) in [4.78, 5) is 0. The fourth-order valence-electron chi connectivity index (χ4n) is 8.82. The van der Waals surface area contributed by atoms with Crippen molar-refractivity contribution in [2.24, 2.45) is 11.8 Å². The lowest BCUT2D eigenvalue weighted by Gasteiger charge is -2.34. The number of aromatic nitrogens is 1. The maximum Gasteiger partial charge on any atom is 0.222 e. The third kappa shape index (κ3) is 3.24. The monoisotopic (exact) mass is 526 g/mol. The molecule has 2 heterocycles. The van der Waals surface area contributed by atoms with Crippen LogP contribution in [0, 0.1) is 18.8 Å². The third-order valence-corrected chi connectivity index (χ3v) is 10.9. The smallest absolute Gasteiger partial charge is 0.184 e. The van der Waals surface area contributed by atoms with Crippen molar-refractivity contribution in [1.82, 2.24) is 0 Å². The van der Waals surface area contributed by atoms with E-state index >= 15 is 0 Å². The molecule has 1 heteroatoms. The number of hydrogen-bond donors (Lipinski definition) is 0. The SMILES string of the molecule is CCC(CC)C1=CC2(CC(C(CC)CC)=C1)c1cc3ccccc3c3c1-c1c4c(cc(C)cc4cc[n+]12)C3(C)C. The van der Waals surface area contributed by atoms with Gasteiger partial charge in [0, 0.05) is 23.5 Å². The van der Waals surface area contributed by atoms with Crippen LogP contribution in [0.25, 0.3) is 32.8 Å². The summed E-state index contributed by atoms with van der Waals surface area (Å²) in [7, 11) is 0. The van der Waals surface area contributed by atoms with E-state index in [1.165, 1.54) is 80.7 Å². The minimum atomic E-state index is -0.190. The second-order valence-corrected chi connectivity index (χ2v) is 13.3. The number of hydrogen-bond acceptors (Lipinski definition) is 0. The molecule has 0 saturated carbocycles. The van der Waals surface area contributed by atoms with Gasteiger partial charge < -0.3 is 0 Å². The van der Waals surface area contributed by atoms with Gasteiger partial charge in [-0.15, -0.1) is 0 Å². The van der Waals surface area contributed by atoms with E-state index in [-0.39, 0.29) is 11.0 Å². The normalized spacial score (nSPS) is 20.2. The van der Waals surface area contributed by atoms with Crippen molar-refractivity contribution in [3.63, 3.8) is 0 Å². The Morgan fingerprint density at radius 3 is 2.27 bits per heavy atom. The van der Waals surface area contributed by atoms with Gasteiger partial charge in [0.2, 0.25) is 11.2 Å². The topological polar surface area (TPSA) is 3.88 Å². The first-order valence-corrected chi connectivity index (χ1v) is 15.8. The molecule has 1 atom stereocenters. The molecule has 2 aliphatic carbocycles. The van der Waals surface area contributed by atoms with Gasteiger partial charge in [0.05, 0.1) is 10.9 Å². The molecule has 40 heavy (non-hydrogen) atoms. The summed E-state index contributed by atoms with van der Waals surface area (Å²) in [6.45, 7) is 16.7. The molecular formula is C39H44N+. The molecule has 1 aromatic heterocycles. The molecule has 0 radical (unpaired) electrons. The van der Waals surface area contributed by atoms with Crippen molar-refractivity contribution in [2.75, 3.05) is 0 Å². The zero-order chi connectivity index (χ0) is 28.0. The summed E-state index contributed by atoms with van der Waals surface area (Å²) >= 11 is 0. The molecule has 0 fully saturated rings. The lowest BCUT2D eigenvalue weighted by atomic mass is 9.66. The van der Waals surface area contributed by atoms with Crippen LogP contribution in [-0.4, -0.2) is 0 Å². The Bertz CT molecular complexity index is 1760. The lowest BCUT2D eigenvalue weighted by molar-refractivity contribution is -0.726. The van der Waals surface area contributed by atoms with Gasteiger partial charge in [0.15, 0.2) is 6.20 Å². The molecular weight excluding hydrogens is 482 g/mol. The van der Waals surface area contributed by atoms with Crippen molar-refractivity contribution in [1.29, 1.82) is 0 Å². The molecule has 0 saturated heterocycles. The molecule has 0 bridgehead atoms. The third-order valence-electron chi connectivity index (χ3n) is 10.9. The average Bonchev–Trinajstić information content (AvgIpc) is 3.20. The zero-order valence-electron chi connectivity index (χ0n) is 25.5. The van der Waals surface area contributed by atoms with Crippen LogP contribution in [0.15, 0.2) is 78.0 Å². The van der Waals surface area contributed by atoms with Crippen molar-refractivity contribution in [2.45, 2.75) is 91.5 Å². The highest BCUT2D eigenvalue weighted by Crippen LogP contribution is 2.58. The van der Waals surface area contributed by atoms with E-state index in [0.717, 1.165) is 6.42 Å². The molecule has 1 nitrogen and oxygen atoms in total. The molecule has 204 valence electrons. The number of nitrogens with zero attached hydrogens (tertiary/aromatic N) is 1. The molecule has 3 aliphatic rings. The summed E-state index contributed by atoms with van der Waals surface area (Å²) in [5.41, 5.74) is 11.8. The van der Waals surface area contributed by atoms with E-state index in [9.17, 15) is 0 Å². The lowest BCUT2D eigenvalue weighted by Crippen LogP contribution is -2.55. The van der Waals surface area contributed by atoms with Gasteiger partial charge in [-0.1, -0.05) is 95.2 Å². The first-order valence-electron chi connectivity index (χ1n) is 15.8. The van der Waals surface area contributed by atoms with Gasteiger partial charge in [-0.3, -0.25) is 0 Å². The predicted molar refractivity (Wildman–Crippen MR) is 170 cm³/mol. The van der Waals surface area contributed by atoms with Crippen LogP contribution in [0.4, 0.5) is 0 Å². The highest BCUT2D eigenvalue weighted by Gasteiger charge is 2.56. The average molecular weight is 527 g/mol. The van der Waals surface area contributed by atoms with Crippen LogP contribution in [0.3, 0.4) is 0 Å². The maximum atomic E-state index is 2.72. The van der Waals surface area contributed by atoms with Crippen molar-refractivity contribution >= 4 is 21.5 Å². The summed E-state index contributed by atoms with van der Waals surface area (Å²) in [5, 5.41) is 5.64. The highest BCUT2D eigenvalue weighted by molar-refractivity contribution is 6.07. The standard InChI is InChI=1S/C39H44N/c1-8-25(9-2)29-20-30(26(10-3)11-4)23-39(22-29)33-21-27-14-12-13-15-31(27)36-35(33)37-34-28(16-17-40(37)39)18-24(5)19-32(34)38(36,6)7/h12-22,25-26H,8-11,23H2,1-7H3/q+1. The van der Waals surface area contributed by atoms with Crippen LogP contribution in [0.2, 0.25) is 0 Å². The van der Waals surface area contributed by atoms with E-state index in [1.807, 2.05) is 0 Å². The van der Waals surface area contributed by atoms with Gasteiger partial charge in [0.1, 0.15) is 0 Å². The number of pyridine rings is 1. The minimum Gasteiger partial charge on any atom is -0.184 e. The van der Waals surface area contributed by atoms with Crippen molar-refractivity contribution in [3.05, 3.63) is 100 Å². The quantitative estimate of drug-likeness (QED) is 0.220. The van der Waals surface area contributed by atoms with E-state index in [2.05, 4.69) is 120 Å². The second kappa shape index (κ2) is 8.90. The fourth-order valence-corrected chi connectivity index (χ4v) is 8.82. The van der Waals surface area contributed by atoms with Gasteiger partial charge in [-0.05, 0) is 89.4 Å². The van der Waals surface area contributed by atoms with Crippen LogP contribution in [0.1, 0.15) is 95.9 Å². The molecule has 7 rings (SSSR count). The molecule has 4 aromatic rings. The summed E-state index contributed by atoms with van der Waals surface area (Å²) in [6.07, 6.45) is 13.6.